The molecule has 0 radical (unpaired) electrons. The van der Waals surface area contributed by atoms with Crippen LogP contribution in [0.3, 0.4) is 0 Å². The van der Waals surface area contributed by atoms with Gasteiger partial charge in [0.05, 0.1) is 6.04 Å². The maximum absolute atomic E-state index is 6.01. The molecule has 1 aliphatic rings. The molecule has 1 atom stereocenters. The lowest BCUT2D eigenvalue weighted by Gasteiger charge is -2.14. The van der Waals surface area contributed by atoms with Gasteiger partial charge in [0.2, 0.25) is 5.90 Å². The third-order valence-electron chi connectivity index (χ3n) is 5.76. The number of benzene rings is 2. The Morgan fingerprint density at radius 3 is 2.53 bits per heavy atom. The molecule has 0 saturated heterocycles. The fourth-order valence-electron chi connectivity index (χ4n) is 4.09. The fourth-order valence-corrected chi connectivity index (χ4v) is 5.20. The number of aryl methyl sites for hydroxylation is 4. The highest BCUT2D eigenvalue weighted by Crippen LogP contribution is 2.23. The third-order valence-corrected chi connectivity index (χ3v) is 6.89. The monoisotopic (exact) mass is 418 g/mol. The number of aromatic nitrogens is 1. The van der Waals surface area contributed by atoms with Gasteiger partial charge >= 0.3 is 0 Å². The van der Waals surface area contributed by atoms with Gasteiger partial charge in [-0.2, -0.15) is 11.8 Å². The van der Waals surface area contributed by atoms with Gasteiger partial charge in [-0.3, -0.25) is 0 Å². The zero-order chi connectivity index (χ0) is 21.1. The summed E-state index contributed by atoms with van der Waals surface area (Å²) >= 11 is 1.94. The summed E-state index contributed by atoms with van der Waals surface area (Å²) in [6.07, 6.45) is 2.13. The Morgan fingerprint density at radius 2 is 1.77 bits per heavy atom. The zero-order valence-corrected chi connectivity index (χ0v) is 19.1. The topological polar surface area (TPSA) is 26.5 Å². The van der Waals surface area contributed by atoms with Crippen molar-refractivity contribution in [2.45, 2.75) is 46.0 Å². The van der Waals surface area contributed by atoms with E-state index < -0.39 is 0 Å². The van der Waals surface area contributed by atoms with E-state index in [-0.39, 0.29) is 6.04 Å². The third kappa shape index (κ3) is 4.65. The summed E-state index contributed by atoms with van der Waals surface area (Å²) in [6.45, 7) is 10.2. The van der Waals surface area contributed by atoms with Crippen LogP contribution >= 0.6 is 11.8 Å². The van der Waals surface area contributed by atoms with Crippen LogP contribution in [0, 0.1) is 27.7 Å². The van der Waals surface area contributed by atoms with Gasteiger partial charge in [0.1, 0.15) is 12.3 Å². The lowest BCUT2D eigenvalue weighted by Crippen LogP contribution is -2.12. The van der Waals surface area contributed by atoms with Crippen molar-refractivity contribution in [2.75, 3.05) is 12.4 Å². The number of nitrogens with zero attached hydrogens (tertiary/aromatic N) is 2. The highest BCUT2D eigenvalue weighted by molar-refractivity contribution is 7.98. The second-order valence-corrected chi connectivity index (χ2v) is 9.27. The summed E-state index contributed by atoms with van der Waals surface area (Å²) in [5.74, 6) is 2.79. The van der Waals surface area contributed by atoms with E-state index in [0.29, 0.717) is 6.61 Å². The van der Waals surface area contributed by atoms with Gasteiger partial charge in [0.25, 0.3) is 0 Å². The molecule has 0 unspecified atom stereocenters. The van der Waals surface area contributed by atoms with E-state index in [0.717, 1.165) is 29.6 Å². The number of hydrogen-bond acceptors (Lipinski definition) is 3. The van der Waals surface area contributed by atoms with Crippen molar-refractivity contribution in [2.24, 2.45) is 4.99 Å². The molecule has 30 heavy (non-hydrogen) atoms. The number of rotatable bonds is 7. The second kappa shape index (κ2) is 9.13. The van der Waals surface area contributed by atoms with Crippen LogP contribution in [0.15, 0.2) is 59.7 Å². The molecule has 0 saturated carbocycles. The lowest BCUT2D eigenvalue weighted by atomic mass is 10.00. The molecular formula is C26H30N2OS. The van der Waals surface area contributed by atoms with Crippen molar-refractivity contribution in [1.29, 1.82) is 0 Å². The summed E-state index contributed by atoms with van der Waals surface area (Å²) in [4.78, 5) is 4.90. The van der Waals surface area contributed by atoms with E-state index >= 15 is 0 Å². The highest BCUT2D eigenvalue weighted by atomic mass is 32.2. The van der Waals surface area contributed by atoms with Crippen LogP contribution < -0.4 is 0 Å². The maximum Gasteiger partial charge on any atom is 0.233 e. The van der Waals surface area contributed by atoms with Gasteiger partial charge < -0.3 is 9.30 Å². The van der Waals surface area contributed by atoms with Crippen LogP contribution in [0.4, 0.5) is 0 Å². The predicted octanol–water partition coefficient (Wildman–Crippen LogP) is 5.85. The Hall–Kier alpha value is -2.46. The molecule has 2 aromatic carbocycles. The van der Waals surface area contributed by atoms with E-state index in [2.05, 4.69) is 87.0 Å². The van der Waals surface area contributed by atoms with Gasteiger partial charge in [-0.05, 0) is 67.6 Å². The minimum absolute atomic E-state index is 0.222. The molecule has 4 rings (SSSR count). The molecule has 0 N–H and O–H groups in total. The second-order valence-electron chi connectivity index (χ2n) is 8.24. The van der Waals surface area contributed by atoms with Crippen molar-refractivity contribution in [3.63, 3.8) is 0 Å². The van der Waals surface area contributed by atoms with Crippen LogP contribution in [-0.2, 0) is 17.0 Å². The zero-order valence-electron chi connectivity index (χ0n) is 18.3. The standard InChI is InChI=1S/C26H30N2OS/c1-18-12-20(3)24(21(4)13-18)14-28-11-7-10-25(28)26-27-23(15-29-26)17-30-16-22-9-6-5-8-19(22)2/h5-13,23H,14-17H2,1-4H3/t23-/m0/s1. The first-order chi connectivity index (χ1) is 14.5. The largest absolute Gasteiger partial charge is 0.474 e. The Labute approximate surface area is 184 Å². The minimum Gasteiger partial charge on any atom is -0.474 e. The summed E-state index contributed by atoms with van der Waals surface area (Å²) in [5, 5.41) is 0. The molecule has 0 bridgehead atoms. The smallest absolute Gasteiger partial charge is 0.233 e. The Kier molecular flexibility index (Phi) is 6.33. The molecule has 156 valence electrons. The minimum atomic E-state index is 0.222. The molecule has 3 nitrogen and oxygen atoms in total. The number of ether oxygens (including phenoxy) is 1. The number of hydrogen-bond donors (Lipinski definition) is 0. The molecule has 1 aliphatic heterocycles. The van der Waals surface area contributed by atoms with E-state index in [1.807, 2.05) is 11.8 Å². The van der Waals surface area contributed by atoms with Gasteiger partial charge in [-0.1, -0.05) is 42.0 Å². The van der Waals surface area contributed by atoms with Gasteiger partial charge in [-0.25, -0.2) is 4.99 Å². The Balaban J connectivity index is 1.42. The molecule has 0 aliphatic carbocycles. The normalized spacial score (nSPS) is 15.9. The number of aliphatic imine (C=N–C) groups is 1. The van der Waals surface area contributed by atoms with E-state index in [1.165, 1.54) is 33.4 Å². The van der Waals surface area contributed by atoms with Crippen LogP contribution in [-0.4, -0.2) is 28.9 Å². The molecule has 2 heterocycles. The summed E-state index contributed by atoms with van der Waals surface area (Å²) in [6, 6.07) is 17.5. The van der Waals surface area contributed by atoms with Crippen molar-refractivity contribution < 1.29 is 4.74 Å². The first-order valence-corrected chi connectivity index (χ1v) is 11.7. The maximum atomic E-state index is 6.01. The first kappa shape index (κ1) is 20.8. The summed E-state index contributed by atoms with van der Waals surface area (Å²) < 4.78 is 8.27. The van der Waals surface area contributed by atoms with Gasteiger partial charge in [-0.15, -0.1) is 0 Å². The number of thioether (sulfide) groups is 1. The Morgan fingerprint density at radius 1 is 1.00 bits per heavy atom. The van der Waals surface area contributed by atoms with Crippen molar-refractivity contribution in [3.05, 3.63) is 93.8 Å². The average molecular weight is 419 g/mol. The molecule has 3 aromatic rings. The molecular weight excluding hydrogens is 388 g/mol. The summed E-state index contributed by atoms with van der Waals surface area (Å²) in [7, 11) is 0. The summed E-state index contributed by atoms with van der Waals surface area (Å²) in [5.41, 5.74) is 9.21. The molecule has 0 spiro atoms. The van der Waals surface area contributed by atoms with E-state index in [4.69, 9.17) is 9.73 Å². The first-order valence-electron chi connectivity index (χ1n) is 10.6. The average Bonchev–Trinajstić information content (AvgIpc) is 3.35. The quantitative estimate of drug-likeness (QED) is 0.481. The van der Waals surface area contributed by atoms with Gasteiger partial charge in [0, 0.05) is 24.2 Å². The van der Waals surface area contributed by atoms with Crippen LogP contribution in [0.2, 0.25) is 0 Å². The van der Waals surface area contributed by atoms with Crippen LogP contribution in [0.25, 0.3) is 0 Å². The highest BCUT2D eigenvalue weighted by Gasteiger charge is 2.22. The molecule has 4 heteroatoms. The molecule has 1 aromatic heterocycles. The van der Waals surface area contributed by atoms with Crippen LogP contribution in [0.1, 0.15) is 39.1 Å². The SMILES string of the molecule is Cc1cc(C)c(Cn2cccc2C2=N[C@H](CSCc3ccccc3C)CO2)c(C)c1. The van der Waals surface area contributed by atoms with Crippen molar-refractivity contribution in [3.8, 4) is 0 Å². The van der Waals surface area contributed by atoms with Crippen LogP contribution in [0.5, 0.6) is 0 Å². The van der Waals surface area contributed by atoms with Gasteiger partial charge in [0.15, 0.2) is 0 Å². The predicted molar refractivity (Wildman–Crippen MR) is 128 cm³/mol. The Bertz CT molecular complexity index is 1040. The van der Waals surface area contributed by atoms with E-state index in [1.54, 1.807) is 0 Å². The lowest BCUT2D eigenvalue weighted by molar-refractivity contribution is 0.323. The molecule has 0 amide bonds. The van der Waals surface area contributed by atoms with Crippen molar-refractivity contribution in [1.82, 2.24) is 4.57 Å². The molecule has 0 fully saturated rings. The van der Waals surface area contributed by atoms with E-state index in [9.17, 15) is 0 Å². The fraction of sp³-hybridized carbons (Fsp3) is 0.346. The van der Waals surface area contributed by atoms with Crippen molar-refractivity contribution >= 4 is 17.7 Å².